The molecule has 0 aromatic heterocycles. The first-order valence-electron chi connectivity index (χ1n) is 7.75. The molecule has 1 fully saturated rings. The lowest BCUT2D eigenvalue weighted by Gasteiger charge is -2.24. The third kappa shape index (κ3) is 4.16. The van der Waals surface area contributed by atoms with Crippen molar-refractivity contribution in [1.29, 1.82) is 0 Å². The molecule has 0 saturated heterocycles. The topological polar surface area (TPSA) is 35.2 Å². The lowest BCUT2D eigenvalue weighted by Crippen LogP contribution is -2.26. The lowest BCUT2D eigenvalue weighted by molar-refractivity contribution is 0.414. The molecule has 2 N–H and O–H groups in total. The van der Waals surface area contributed by atoms with Crippen molar-refractivity contribution in [3.8, 4) is 5.75 Å². The molecule has 3 heteroatoms. The first-order chi connectivity index (χ1) is 9.74. The van der Waals surface area contributed by atoms with Gasteiger partial charge in [-0.1, -0.05) is 31.9 Å². The van der Waals surface area contributed by atoms with E-state index in [0.717, 1.165) is 18.1 Å². The van der Waals surface area contributed by atoms with Crippen LogP contribution in [-0.2, 0) is 0 Å². The molecule has 0 radical (unpaired) electrons. The van der Waals surface area contributed by atoms with Gasteiger partial charge < -0.3 is 10.5 Å². The van der Waals surface area contributed by atoms with Crippen LogP contribution in [0, 0.1) is 5.92 Å². The van der Waals surface area contributed by atoms with Crippen LogP contribution in [0.2, 0.25) is 0 Å². The molecule has 0 amide bonds. The Morgan fingerprint density at radius 2 is 2.10 bits per heavy atom. The Kier molecular flexibility index (Phi) is 6.24. The standard InChI is InChI=1S/C17H27NOS/c1-3-16(18)17(20-12-13-7-4-5-8-13)14-9-6-10-15(11-14)19-2/h6,9-11,13,16-17H,3-5,7-8,12,18H2,1-2H3. The third-order valence-electron chi connectivity index (χ3n) is 4.27. The van der Waals surface area contributed by atoms with Gasteiger partial charge in [-0.3, -0.25) is 0 Å². The van der Waals surface area contributed by atoms with E-state index in [4.69, 9.17) is 10.5 Å². The highest BCUT2D eigenvalue weighted by Crippen LogP contribution is 2.38. The van der Waals surface area contributed by atoms with Crippen LogP contribution >= 0.6 is 11.8 Å². The number of thioether (sulfide) groups is 1. The molecular formula is C17H27NOS. The summed E-state index contributed by atoms with van der Waals surface area (Å²) in [5, 5.41) is 0.385. The van der Waals surface area contributed by atoms with Crippen molar-refractivity contribution < 1.29 is 4.74 Å². The molecule has 0 spiro atoms. The van der Waals surface area contributed by atoms with E-state index in [1.807, 2.05) is 17.8 Å². The minimum atomic E-state index is 0.216. The van der Waals surface area contributed by atoms with Crippen molar-refractivity contribution >= 4 is 11.8 Å². The molecule has 2 nitrogen and oxygen atoms in total. The van der Waals surface area contributed by atoms with Crippen molar-refractivity contribution in [2.45, 2.75) is 50.3 Å². The van der Waals surface area contributed by atoms with Crippen LogP contribution in [-0.4, -0.2) is 18.9 Å². The molecule has 2 rings (SSSR count). The maximum absolute atomic E-state index is 6.36. The van der Waals surface area contributed by atoms with Crippen LogP contribution in [0.4, 0.5) is 0 Å². The van der Waals surface area contributed by atoms with Crippen LogP contribution in [0.1, 0.15) is 49.8 Å². The number of benzene rings is 1. The van der Waals surface area contributed by atoms with E-state index in [-0.39, 0.29) is 6.04 Å². The van der Waals surface area contributed by atoms with E-state index in [1.165, 1.54) is 37.0 Å². The van der Waals surface area contributed by atoms with E-state index in [9.17, 15) is 0 Å². The second-order valence-electron chi connectivity index (χ2n) is 5.75. The van der Waals surface area contributed by atoms with Crippen LogP contribution in [0.5, 0.6) is 5.75 Å². The molecule has 1 aromatic carbocycles. The molecule has 1 aliphatic carbocycles. The fourth-order valence-electron chi connectivity index (χ4n) is 2.92. The van der Waals surface area contributed by atoms with E-state index in [0.29, 0.717) is 5.25 Å². The Hall–Kier alpha value is -0.670. The van der Waals surface area contributed by atoms with Gasteiger partial charge in [0.2, 0.25) is 0 Å². The Labute approximate surface area is 127 Å². The van der Waals surface area contributed by atoms with Crippen molar-refractivity contribution in [1.82, 2.24) is 0 Å². The van der Waals surface area contributed by atoms with Gasteiger partial charge in [0, 0.05) is 11.3 Å². The summed E-state index contributed by atoms with van der Waals surface area (Å²) in [5.41, 5.74) is 7.67. The fourth-order valence-corrected chi connectivity index (χ4v) is 4.51. The summed E-state index contributed by atoms with van der Waals surface area (Å²) in [7, 11) is 1.72. The lowest BCUT2D eigenvalue weighted by atomic mass is 10.0. The summed E-state index contributed by atoms with van der Waals surface area (Å²) in [6.45, 7) is 2.17. The normalized spacial score (nSPS) is 18.9. The first kappa shape index (κ1) is 15.7. The molecule has 1 aliphatic rings. The van der Waals surface area contributed by atoms with Gasteiger partial charge in [-0.25, -0.2) is 0 Å². The number of rotatable bonds is 7. The Morgan fingerprint density at radius 1 is 1.35 bits per heavy atom. The van der Waals surface area contributed by atoms with E-state index in [2.05, 4.69) is 25.1 Å². The summed E-state index contributed by atoms with van der Waals surface area (Å²) in [4.78, 5) is 0. The van der Waals surface area contributed by atoms with Crippen molar-refractivity contribution in [3.05, 3.63) is 29.8 Å². The van der Waals surface area contributed by atoms with Crippen molar-refractivity contribution in [2.24, 2.45) is 11.7 Å². The predicted molar refractivity (Wildman–Crippen MR) is 88.4 cm³/mol. The maximum atomic E-state index is 6.36. The number of nitrogens with two attached hydrogens (primary N) is 1. The average Bonchev–Trinajstić information content (AvgIpc) is 3.00. The summed E-state index contributed by atoms with van der Waals surface area (Å²) in [5.74, 6) is 3.07. The smallest absolute Gasteiger partial charge is 0.119 e. The molecule has 1 aromatic rings. The van der Waals surface area contributed by atoms with Crippen LogP contribution in [0.3, 0.4) is 0 Å². The molecule has 0 aliphatic heterocycles. The number of ether oxygens (including phenoxy) is 1. The zero-order valence-electron chi connectivity index (χ0n) is 12.7. The zero-order valence-corrected chi connectivity index (χ0v) is 13.5. The molecule has 2 unspecified atom stereocenters. The van der Waals surface area contributed by atoms with Crippen molar-refractivity contribution in [3.63, 3.8) is 0 Å². The van der Waals surface area contributed by atoms with Gasteiger partial charge in [-0.2, -0.15) is 11.8 Å². The highest BCUT2D eigenvalue weighted by atomic mass is 32.2. The zero-order chi connectivity index (χ0) is 14.4. The molecule has 20 heavy (non-hydrogen) atoms. The maximum Gasteiger partial charge on any atom is 0.119 e. The van der Waals surface area contributed by atoms with Gasteiger partial charge in [0.15, 0.2) is 0 Å². The van der Waals surface area contributed by atoms with E-state index < -0.39 is 0 Å². The Morgan fingerprint density at radius 3 is 2.75 bits per heavy atom. The quantitative estimate of drug-likeness (QED) is 0.809. The van der Waals surface area contributed by atoms with Gasteiger partial charge in [-0.15, -0.1) is 0 Å². The van der Waals surface area contributed by atoms with E-state index >= 15 is 0 Å². The SMILES string of the molecule is CCC(N)C(SCC1CCCC1)c1cccc(OC)c1. The van der Waals surface area contributed by atoms with Gasteiger partial charge in [-0.05, 0) is 48.6 Å². The monoisotopic (exact) mass is 293 g/mol. The fraction of sp³-hybridized carbons (Fsp3) is 0.647. The van der Waals surface area contributed by atoms with Gasteiger partial charge in [0.25, 0.3) is 0 Å². The summed E-state index contributed by atoms with van der Waals surface area (Å²) in [6, 6.07) is 8.61. The van der Waals surface area contributed by atoms with E-state index in [1.54, 1.807) is 7.11 Å². The Balaban J connectivity index is 2.05. The molecule has 0 heterocycles. The van der Waals surface area contributed by atoms with Crippen LogP contribution in [0.15, 0.2) is 24.3 Å². The molecule has 0 bridgehead atoms. The van der Waals surface area contributed by atoms with Crippen molar-refractivity contribution in [2.75, 3.05) is 12.9 Å². The number of hydrogen-bond donors (Lipinski definition) is 1. The second-order valence-corrected chi connectivity index (χ2v) is 6.93. The number of methoxy groups -OCH3 is 1. The van der Waals surface area contributed by atoms with Gasteiger partial charge >= 0.3 is 0 Å². The molecular weight excluding hydrogens is 266 g/mol. The first-order valence-corrected chi connectivity index (χ1v) is 8.80. The number of hydrogen-bond acceptors (Lipinski definition) is 3. The van der Waals surface area contributed by atoms with Gasteiger partial charge in [0.05, 0.1) is 7.11 Å². The molecule has 2 atom stereocenters. The largest absolute Gasteiger partial charge is 0.497 e. The molecule has 112 valence electrons. The van der Waals surface area contributed by atoms with Gasteiger partial charge in [0.1, 0.15) is 5.75 Å². The van der Waals surface area contributed by atoms with Crippen LogP contribution in [0.25, 0.3) is 0 Å². The average molecular weight is 293 g/mol. The minimum absolute atomic E-state index is 0.216. The van der Waals surface area contributed by atoms with Crippen LogP contribution < -0.4 is 10.5 Å². The highest BCUT2D eigenvalue weighted by molar-refractivity contribution is 7.99. The second kappa shape index (κ2) is 7.94. The highest BCUT2D eigenvalue weighted by Gasteiger charge is 2.23. The summed E-state index contributed by atoms with van der Waals surface area (Å²) < 4.78 is 5.35. The predicted octanol–water partition coefficient (Wildman–Crippen LogP) is 4.40. The summed E-state index contributed by atoms with van der Waals surface area (Å²) >= 11 is 2.04. The summed E-state index contributed by atoms with van der Waals surface area (Å²) in [6.07, 6.45) is 6.64. The Bertz CT molecular complexity index is 404. The minimum Gasteiger partial charge on any atom is -0.497 e. The molecule has 1 saturated carbocycles. The third-order valence-corrected chi connectivity index (χ3v) is 5.91.